The van der Waals surface area contributed by atoms with Gasteiger partial charge in [0, 0.05) is 5.57 Å². The number of hydrogen-bond acceptors (Lipinski definition) is 2. The Labute approximate surface area is 105 Å². The minimum absolute atomic E-state index is 0.309. The first kappa shape index (κ1) is 15.7. The molecule has 0 bridgehead atoms. The van der Waals surface area contributed by atoms with Crippen molar-refractivity contribution in [3.05, 3.63) is 36.5 Å². The van der Waals surface area contributed by atoms with Gasteiger partial charge in [-0.15, -0.1) is 6.58 Å². The van der Waals surface area contributed by atoms with Gasteiger partial charge >= 0.3 is 5.97 Å². The fourth-order valence-electron chi connectivity index (χ4n) is 1.41. The molecule has 96 valence electrons. The van der Waals surface area contributed by atoms with E-state index in [-0.39, 0.29) is 5.97 Å². The van der Waals surface area contributed by atoms with Crippen LogP contribution in [0.2, 0.25) is 0 Å². The van der Waals surface area contributed by atoms with Gasteiger partial charge in [-0.25, -0.2) is 4.79 Å². The van der Waals surface area contributed by atoms with Gasteiger partial charge in [-0.05, 0) is 38.5 Å². The zero-order valence-corrected chi connectivity index (χ0v) is 11.3. The number of carbonyl (C=O) groups excluding carboxylic acids is 1. The number of ether oxygens (including phenoxy) is 1. The average molecular weight is 236 g/mol. The van der Waals surface area contributed by atoms with Crippen LogP contribution in [0.5, 0.6) is 0 Å². The van der Waals surface area contributed by atoms with Gasteiger partial charge in [-0.3, -0.25) is 0 Å². The number of hydrogen-bond donors (Lipinski definition) is 0. The second-order valence-electron chi connectivity index (χ2n) is 4.44. The number of allylic oxidation sites excluding steroid dienone is 3. The third kappa shape index (κ3) is 7.56. The van der Waals surface area contributed by atoms with Crippen molar-refractivity contribution in [3.63, 3.8) is 0 Å². The summed E-state index contributed by atoms with van der Waals surface area (Å²) >= 11 is 0. The molecule has 1 unspecified atom stereocenters. The van der Waals surface area contributed by atoms with Gasteiger partial charge in [0.25, 0.3) is 0 Å². The monoisotopic (exact) mass is 236 g/mol. The highest BCUT2D eigenvalue weighted by Gasteiger charge is 2.04. The van der Waals surface area contributed by atoms with E-state index in [2.05, 4.69) is 37.8 Å². The molecule has 17 heavy (non-hydrogen) atoms. The van der Waals surface area contributed by atoms with Crippen molar-refractivity contribution >= 4 is 5.97 Å². The molecule has 0 saturated heterocycles. The summed E-state index contributed by atoms with van der Waals surface area (Å²) in [6, 6.07) is 0. The number of methoxy groups -OCH3 is 1. The molecule has 0 radical (unpaired) electrons. The molecular formula is C15H24O2. The molecule has 0 saturated carbocycles. The molecule has 2 heteroatoms. The summed E-state index contributed by atoms with van der Waals surface area (Å²) in [6.45, 7) is 11.8. The molecule has 2 nitrogen and oxygen atoms in total. The molecule has 0 aliphatic rings. The number of rotatable bonds is 8. The van der Waals surface area contributed by atoms with Crippen molar-refractivity contribution in [2.75, 3.05) is 7.11 Å². The van der Waals surface area contributed by atoms with Crippen molar-refractivity contribution in [1.82, 2.24) is 0 Å². The second kappa shape index (κ2) is 8.80. The molecule has 0 aliphatic carbocycles. The quantitative estimate of drug-likeness (QED) is 0.361. The lowest BCUT2D eigenvalue weighted by atomic mass is 10.0. The standard InChI is InChI=1S/C15H24O2/c1-6-12(2)10-11-13(3)8-7-9-14(4)15(16)17-5/h6,8,12H,1,4,7,9-11H2,2-3,5H3/b13-8+. The van der Waals surface area contributed by atoms with Crippen LogP contribution >= 0.6 is 0 Å². The van der Waals surface area contributed by atoms with E-state index in [0.717, 1.165) is 19.3 Å². The summed E-state index contributed by atoms with van der Waals surface area (Å²) in [5, 5.41) is 0. The first-order chi connectivity index (χ1) is 8.01. The lowest BCUT2D eigenvalue weighted by Gasteiger charge is -2.06. The van der Waals surface area contributed by atoms with Crippen LogP contribution in [-0.4, -0.2) is 13.1 Å². The summed E-state index contributed by atoms with van der Waals surface area (Å²) in [5.41, 5.74) is 1.90. The number of carbonyl (C=O) groups is 1. The summed E-state index contributed by atoms with van der Waals surface area (Å²) in [6.07, 6.45) is 7.88. The Hall–Kier alpha value is -1.31. The first-order valence-corrected chi connectivity index (χ1v) is 6.05. The lowest BCUT2D eigenvalue weighted by molar-refractivity contribution is -0.136. The molecule has 0 amide bonds. The Morgan fingerprint density at radius 3 is 2.59 bits per heavy atom. The topological polar surface area (TPSA) is 26.3 Å². The SMILES string of the molecule is C=CC(C)CC/C(C)=C/CCC(=C)C(=O)OC. The molecule has 0 aromatic heterocycles. The molecule has 1 atom stereocenters. The van der Waals surface area contributed by atoms with Crippen LogP contribution in [0.1, 0.15) is 39.5 Å². The van der Waals surface area contributed by atoms with Gasteiger partial charge in [-0.2, -0.15) is 0 Å². The maximum absolute atomic E-state index is 11.1. The van der Waals surface area contributed by atoms with Crippen LogP contribution in [0.15, 0.2) is 36.5 Å². The van der Waals surface area contributed by atoms with Gasteiger partial charge in [0.05, 0.1) is 7.11 Å². The summed E-state index contributed by atoms with van der Waals surface area (Å²) < 4.78 is 4.59. The predicted molar refractivity (Wildman–Crippen MR) is 72.7 cm³/mol. The van der Waals surface area contributed by atoms with Crippen molar-refractivity contribution in [2.24, 2.45) is 5.92 Å². The molecule has 0 aromatic rings. The molecule has 0 rings (SSSR count). The highest BCUT2D eigenvalue weighted by molar-refractivity contribution is 5.87. The molecule has 0 N–H and O–H groups in total. The average Bonchev–Trinajstić information content (AvgIpc) is 2.34. The zero-order chi connectivity index (χ0) is 13.3. The summed E-state index contributed by atoms with van der Waals surface area (Å²) in [4.78, 5) is 11.1. The largest absolute Gasteiger partial charge is 0.466 e. The van der Waals surface area contributed by atoms with E-state index in [0.29, 0.717) is 17.9 Å². The predicted octanol–water partition coefficient (Wildman–Crippen LogP) is 4.04. The Kier molecular flexibility index (Phi) is 8.12. The van der Waals surface area contributed by atoms with Crippen molar-refractivity contribution in [2.45, 2.75) is 39.5 Å². The highest BCUT2D eigenvalue weighted by atomic mass is 16.5. The molecule has 0 aromatic carbocycles. The highest BCUT2D eigenvalue weighted by Crippen LogP contribution is 2.14. The van der Waals surface area contributed by atoms with Crippen LogP contribution in [0.4, 0.5) is 0 Å². The normalized spacial score (nSPS) is 13.0. The van der Waals surface area contributed by atoms with Gasteiger partial charge in [0.1, 0.15) is 0 Å². The third-order valence-electron chi connectivity index (χ3n) is 2.81. The van der Waals surface area contributed by atoms with Gasteiger partial charge in [0.2, 0.25) is 0 Å². The maximum Gasteiger partial charge on any atom is 0.333 e. The van der Waals surface area contributed by atoms with E-state index in [4.69, 9.17) is 0 Å². The molecule has 0 heterocycles. The zero-order valence-electron chi connectivity index (χ0n) is 11.3. The van der Waals surface area contributed by atoms with E-state index < -0.39 is 0 Å². The summed E-state index contributed by atoms with van der Waals surface area (Å²) in [7, 11) is 1.38. The van der Waals surface area contributed by atoms with E-state index in [9.17, 15) is 4.79 Å². The Balaban J connectivity index is 3.88. The van der Waals surface area contributed by atoms with Crippen molar-refractivity contribution in [1.29, 1.82) is 0 Å². The smallest absolute Gasteiger partial charge is 0.333 e. The van der Waals surface area contributed by atoms with Crippen LogP contribution in [0.3, 0.4) is 0 Å². The Morgan fingerprint density at radius 2 is 2.06 bits per heavy atom. The third-order valence-corrected chi connectivity index (χ3v) is 2.81. The second-order valence-corrected chi connectivity index (χ2v) is 4.44. The van der Waals surface area contributed by atoms with E-state index >= 15 is 0 Å². The number of esters is 1. The Bertz CT molecular complexity index is 300. The van der Waals surface area contributed by atoms with E-state index in [1.165, 1.54) is 12.7 Å². The molecule has 0 fully saturated rings. The fraction of sp³-hybridized carbons (Fsp3) is 0.533. The van der Waals surface area contributed by atoms with Crippen LogP contribution in [-0.2, 0) is 9.53 Å². The van der Waals surface area contributed by atoms with E-state index in [1.807, 2.05) is 6.08 Å². The first-order valence-electron chi connectivity index (χ1n) is 6.05. The minimum Gasteiger partial charge on any atom is -0.466 e. The Morgan fingerprint density at radius 1 is 1.41 bits per heavy atom. The van der Waals surface area contributed by atoms with Crippen LogP contribution < -0.4 is 0 Å². The minimum atomic E-state index is -0.309. The van der Waals surface area contributed by atoms with Crippen LogP contribution in [0, 0.1) is 5.92 Å². The molecular weight excluding hydrogens is 212 g/mol. The van der Waals surface area contributed by atoms with Crippen molar-refractivity contribution in [3.8, 4) is 0 Å². The summed E-state index contributed by atoms with van der Waals surface area (Å²) in [5.74, 6) is 0.250. The lowest BCUT2D eigenvalue weighted by Crippen LogP contribution is -2.02. The van der Waals surface area contributed by atoms with Gasteiger partial charge in [-0.1, -0.05) is 31.2 Å². The molecule has 0 aliphatic heterocycles. The van der Waals surface area contributed by atoms with Gasteiger partial charge < -0.3 is 4.74 Å². The van der Waals surface area contributed by atoms with Crippen LogP contribution in [0.25, 0.3) is 0 Å². The van der Waals surface area contributed by atoms with Crippen molar-refractivity contribution < 1.29 is 9.53 Å². The molecule has 0 spiro atoms. The van der Waals surface area contributed by atoms with Gasteiger partial charge in [0.15, 0.2) is 0 Å². The maximum atomic E-state index is 11.1. The van der Waals surface area contributed by atoms with E-state index in [1.54, 1.807) is 0 Å². The fourth-order valence-corrected chi connectivity index (χ4v) is 1.41.